The molecule has 1 unspecified atom stereocenters. The van der Waals surface area contributed by atoms with Crippen molar-refractivity contribution in [3.05, 3.63) is 71.3 Å². The maximum atomic E-state index is 12.7. The number of carbonyl (C=O) groups is 1. The number of nitrogens with one attached hydrogen (secondary N) is 1. The fourth-order valence-corrected chi connectivity index (χ4v) is 6.04. The van der Waals surface area contributed by atoms with Crippen molar-refractivity contribution in [2.24, 2.45) is 5.92 Å². The number of likely N-dealkylation sites (tertiary alicyclic amines) is 2. The molecule has 5 rings (SSSR count). The second-order valence-electron chi connectivity index (χ2n) is 10.7. The van der Waals surface area contributed by atoms with Gasteiger partial charge >= 0.3 is 6.18 Å². The maximum Gasteiger partial charge on any atom is 0.416 e. The number of hydrogen-bond donors (Lipinski definition) is 2. The van der Waals surface area contributed by atoms with Gasteiger partial charge in [-0.15, -0.1) is 0 Å². The lowest BCUT2D eigenvalue weighted by Crippen LogP contribution is -2.48. The van der Waals surface area contributed by atoms with Crippen LogP contribution in [0.15, 0.2) is 54.6 Å². The Balaban J connectivity index is 1.06. The molecular weight excluding hydrogens is 479 g/mol. The highest BCUT2D eigenvalue weighted by molar-refractivity contribution is 5.91. The van der Waals surface area contributed by atoms with E-state index in [1.54, 1.807) is 11.0 Å². The summed E-state index contributed by atoms with van der Waals surface area (Å²) in [7, 11) is 0. The predicted molar refractivity (Wildman–Crippen MR) is 138 cm³/mol. The van der Waals surface area contributed by atoms with Crippen molar-refractivity contribution in [2.45, 2.75) is 43.4 Å². The number of piperidine rings is 2. The van der Waals surface area contributed by atoms with Gasteiger partial charge in [-0.2, -0.15) is 13.2 Å². The molecule has 5 nitrogen and oxygen atoms in total. The first kappa shape index (κ1) is 25.8. The molecule has 3 aliphatic rings. The summed E-state index contributed by atoms with van der Waals surface area (Å²) in [6.45, 7) is 4.74. The highest BCUT2D eigenvalue weighted by atomic mass is 19.4. The minimum atomic E-state index is -4.37. The van der Waals surface area contributed by atoms with E-state index in [1.807, 2.05) is 0 Å². The van der Waals surface area contributed by atoms with E-state index in [0.717, 1.165) is 57.5 Å². The number of carbonyl (C=O) groups excluding carboxylic acids is 1. The molecule has 0 saturated carbocycles. The monoisotopic (exact) mass is 513 g/mol. The van der Waals surface area contributed by atoms with Crippen LogP contribution >= 0.6 is 0 Å². The van der Waals surface area contributed by atoms with E-state index >= 15 is 0 Å². The minimum Gasteiger partial charge on any atom is -0.392 e. The molecule has 3 aliphatic heterocycles. The van der Waals surface area contributed by atoms with Crippen LogP contribution in [0.25, 0.3) is 6.08 Å². The number of rotatable bonds is 5. The molecule has 0 radical (unpaired) electrons. The van der Waals surface area contributed by atoms with Gasteiger partial charge in [0.25, 0.3) is 0 Å². The number of β-amino-alcohol motifs (C(OH)–C–C–N with tert-alkyl or cyclic N) is 1. The largest absolute Gasteiger partial charge is 0.416 e. The first-order chi connectivity index (χ1) is 17.7. The summed E-state index contributed by atoms with van der Waals surface area (Å²) in [6, 6.07) is 13.3. The van der Waals surface area contributed by atoms with E-state index in [0.29, 0.717) is 25.2 Å². The van der Waals surface area contributed by atoms with Crippen LogP contribution in [-0.4, -0.2) is 66.2 Å². The van der Waals surface area contributed by atoms with Crippen molar-refractivity contribution in [1.29, 1.82) is 0 Å². The Morgan fingerprint density at radius 2 is 1.73 bits per heavy atom. The fourth-order valence-electron chi connectivity index (χ4n) is 6.04. The molecule has 1 atom stereocenters. The van der Waals surface area contributed by atoms with Gasteiger partial charge in [0, 0.05) is 43.4 Å². The summed E-state index contributed by atoms with van der Waals surface area (Å²) in [4.78, 5) is 16.7. The fraction of sp³-hybridized carbons (Fsp3) is 0.483. The van der Waals surface area contributed by atoms with Gasteiger partial charge in [0.15, 0.2) is 0 Å². The third-order valence-corrected chi connectivity index (χ3v) is 8.43. The summed E-state index contributed by atoms with van der Waals surface area (Å²) in [5, 5.41) is 14.5. The molecule has 8 heteroatoms. The third kappa shape index (κ3) is 5.70. The standard InChI is InChI=1S/C29H34F3N3O2/c30-29(31,32)23-8-5-21(6-9-23)7-10-27(37)35-15-11-22(12-16-35)26(36)19-34-17-13-28(14-18-34)20-33-25-4-2-1-3-24(25)28/h1-10,22,26,33,36H,11-20H2/b10-7+. The van der Waals surface area contributed by atoms with E-state index in [4.69, 9.17) is 0 Å². The summed E-state index contributed by atoms with van der Waals surface area (Å²) in [5.41, 5.74) is 2.73. The van der Waals surface area contributed by atoms with Crippen LogP contribution < -0.4 is 5.32 Å². The number of anilines is 1. The van der Waals surface area contributed by atoms with Crippen molar-refractivity contribution in [3.8, 4) is 0 Å². The topological polar surface area (TPSA) is 55.8 Å². The van der Waals surface area contributed by atoms with Gasteiger partial charge in [-0.3, -0.25) is 4.79 Å². The first-order valence-corrected chi connectivity index (χ1v) is 13.1. The molecule has 0 aromatic heterocycles. The van der Waals surface area contributed by atoms with Crippen molar-refractivity contribution in [3.63, 3.8) is 0 Å². The predicted octanol–water partition coefficient (Wildman–Crippen LogP) is 4.78. The number of benzene rings is 2. The van der Waals surface area contributed by atoms with Crippen molar-refractivity contribution >= 4 is 17.7 Å². The summed E-state index contributed by atoms with van der Waals surface area (Å²) in [6.07, 6.45) is 1.84. The van der Waals surface area contributed by atoms with Gasteiger partial charge in [0.05, 0.1) is 11.7 Å². The number of halogens is 3. The minimum absolute atomic E-state index is 0.153. The number of amides is 1. The van der Waals surface area contributed by atoms with E-state index in [-0.39, 0.29) is 17.2 Å². The molecule has 3 heterocycles. The Bertz CT molecular complexity index is 1120. The summed E-state index contributed by atoms with van der Waals surface area (Å²) in [5.74, 6) is 0.00678. The zero-order valence-electron chi connectivity index (χ0n) is 20.9. The van der Waals surface area contributed by atoms with Crippen LogP contribution in [0.5, 0.6) is 0 Å². The smallest absolute Gasteiger partial charge is 0.392 e. The molecule has 0 aliphatic carbocycles. The summed E-state index contributed by atoms with van der Waals surface area (Å²) < 4.78 is 38.1. The van der Waals surface area contributed by atoms with Gasteiger partial charge in [-0.25, -0.2) is 0 Å². The number of fused-ring (bicyclic) bond motifs is 2. The van der Waals surface area contributed by atoms with Gasteiger partial charge in [-0.05, 0) is 80.1 Å². The Kier molecular flexibility index (Phi) is 7.32. The SMILES string of the molecule is O=C(/C=C/c1ccc(C(F)(F)F)cc1)N1CCC(C(O)CN2CCC3(CC2)CNc2ccccc23)CC1. The lowest BCUT2D eigenvalue weighted by molar-refractivity contribution is -0.137. The normalized spacial score (nSPS) is 21.2. The molecule has 2 N–H and O–H groups in total. The van der Waals surface area contributed by atoms with E-state index in [2.05, 4.69) is 34.5 Å². The quantitative estimate of drug-likeness (QED) is 0.566. The van der Waals surface area contributed by atoms with Crippen molar-refractivity contribution < 1.29 is 23.1 Å². The molecule has 2 saturated heterocycles. The zero-order chi connectivity index (χ0) is 26.0. The van der Waals surface area contributed by atoms with Crippen LogP contribution in [0, 0.1) is 5.92 Å². The number of para-hydroxylation sites is 1. The van der Waals surface area contributed by atoms with E-state index in [9.17, 15) is 23.1 Å². The van der Waals surface area contributed by atoms with Gasteiger partial charge in [0.1, 0.15) is 0 Å². The average molecular weight is 514 g/mol. The van der Waals surface area contributed by atoms with Gasteiger partial charge in [0.2, 0.25) is 5.91 Å². The van der Waals surface area contributed by atoms with Crippen LogP contribution in [0.2, 0.25) is 0 Å². The lowest BCUT2D eigenvalue weighted by atomic mass is 9.74. The van der Waals surface area contributed by atoms with Crippen LogP contribution in [0.1, 0.15) is 42.4 Å². The molecule has 1 amide bonds. The average Bonchev–Trinajstić information content (AvgIpc) is 3.26. The third-order valence-electron chi connectivity index (χ3n) is 8.43. The Morgan fingerprint density at radius 1 is 1.05 bits per heavy atom. The Labute approximate surface area is 216 Å². The van der Waals surface area contributed by atoms with Crippen LogP contribution in [0.3, 0.4) is 0 Å². The number of nitrogens with zero attached hydrogens (tertiary/aromatic N) is 2. The van der Waals surface area contributed by atoms with Crippen molar-refractivity contribution in [2.75, 3.05) is 44.6 Å². The zero-order valence-corrected chi connectivity index (χ0v) is 20.9. The summed E-state index contributed by atoms with van der Waals surface area (Å²) >= 11 is 0. The molecule has 2 aromatic carbocycles. The number of aliphatic hydroxyl groups is 1. The molecule has 2 fully saturated rings. The Hall–Kier alpha value is -2.84. The Morgan fingerprint density at radius 3 is 2.41 bits per heavy atom. The maximum absolute atomic E-state index is 12.7. The number of aliphatic hydroxyl groups excluding tert-OH is 1. The molecule has 1 spiro atoms. The highest BCUT2D eigenvalue weighted by Crippen LogP contribution is 2.43. The van der Waals surface area contributed by atoms with Gasteiger partial charge in [-0.1, -0.05) is 30.3 Å². The lowest BCUT2D eigenvalue weighted by Gasteiger charge is -2.41. The van der Waals surface area contributed by atoms with Gasteiger partial charge < -0.3 is 20.2 Å². The first-order valence-electron chi connectivity index (χ1n) is 13.1. The molecule has 2 aromatic rings. The molecular formula is C29H34F3N3O2. The van der Waals surface area contributed by atoms with E-state index < -0.39 is 17.8 Å². The van der Waals surface area contributed by atoms with Crippen LogP contribution in [-0.2, 0) is 16.4 Å². The number of alkyl halides is 3. The molecule has 198 valence electrons. The second-order valence-corrected chi connectivity index (χ2v) is 10.7. The highest BCUT2D eigenvalue weighted by Gasteiger charge is 2.41. The second kappa shape index (κ2) is 10.5. The van der Waals surface area contributed by atoms with Crippen molar-refractivity contribution in [1.82, 2.24) is 9.80 Å². The molecule has 37 heavy (non-hydrogen) atoms. The molecule has 0 bridgehead atoms. The van der Waals surface area contributed by atoms with E-state index in [1.165, 1.54) is 29.5 Å². The number of hydrogen-bond acceptors (Lipinski definition) is 4. The van der Waals surface area contributed by atoms with Crippen LogP contribution in [0.4, 0.5) is 18.9 Å².